The first-order valence-corrected chi connectivity index (χ1v) is 18.0. The Morgan fingerprint density at radius 3 is 2.70 bits per heavy atom. The van der Waals surface area contributed by atoms with Crippen LogP contribution in [0.2, 0.25) is 5.02 Å². The number of benzene rings is 2. The SMILES string of the molecule is CO[C@H]1/C=C/C[C@H](C)[C@@H](C(C)C)S(=O)(=O)NC(=O)c2ccc3c(c2)N(C[C@@H]2CC[C@H]21)C[C@@]1(CCCc2cc(Cl)ccc21)CO3. The van der Waals surface area contributed by atoms with Gasteiger partial charge in [0.15, 0.2) is 0 Å². The molecular weight excluding hydrogens is 596 g/mol. The van der Waals surface area contributed by atoms with Crippen molar-refractivity contribution in [2.75, 3.05) is 31.7 Å². The number of sulfonamides is 1. The monoisotopic (exact) mass is 640 g/mol. The molecule has 2 bridgehead atoms. The van der Waals surface area contributed by atoms with Crippen LogP contribution in [0.3, 0.4) is 0 Å². The van der Waals surface area contributed by atoms with Crippen molar-refractivity contribution < 1.29 is 22.7 Å². The molecule has 6 atom stereocenters. The first-order chi connectivity index (χ1) is 21.0. The fourth-order valence-electron chi connectivity index (χ4n) is 8.33. The number of carbonyl (C=O) groups excluding carboxylic acids is 1. The van der Waals surface area contributed by atoms with Crippen molar-refractivity contribution in [2.45, 2.75) is 76.1 Å². The molecule has 44 heavy (non-hydrogen) atoms. The number of carbonyl (C=O) groups is 1. The van der Waals surface area contributed by atoms with Gasteiger partial charge in [-0.15, -0.1) is 0 Å². The number of aryl methyl sites for hydroxylation is 1. The summed E-state index contributed by atoms with van der Waals surface area (Å²) < 4.78 is 42.3. The zero-order valence-electron chi connectivity index (χ0n) is 26.2. The first-order valence-electron chi connectivity index (χ1n) is 16.1. The van der Waals surface area contributed by atoms with Crippen LogP contribution in [0.5, 0.6) is 5.75 Å². The summed E-state index contributed by atoms with van der Waals surface area (Å²) >= 11 is 6.42. The molecular formula is C35H45ClN2O5S. The maximum Gasteiger partial charge on any atom is 0.264 e. The number of anilines is 1. The van der Waals surface area contributed by atoms with E-state index in [2.05, 4.69) is 33.9 Å². The van der Waals surface area contributed by atoms with Gasteiger partial charge in [0.2, 0.25) is 10.0 Å². The number of fused-ring (bicyclic) bond motifs is 4. The van der Waals surface area contributed by atoms with Crippen LogP contribution in [-0.2, 0) is 26.6 Å². The lowest BCUT2D eigenvalue weighted by Crippen LogP contribution is -2.49. The molecule has 238 valence electrons. The molecule has 0 saturated heterocycles. The number of halogens is 1. The summed E-state index contributed by atoms with van der Waals surface area (Å²) in [6.45, 7) is 7.80. The van der Waals surface area contributed by atoms with Gasteiger partial charge in [0.05, 0.1) is 23.6 Å². The fourth-order valence-corrected chi connectivity index (χ4v) is 10.5. The van der Waals surface area contributed by atoms with Crippen LogP contribution in [0.15, 0.2) is 48.6 Å². The third-order valence-electron chi connectivity index (χ3n) is 10.6. The summed E-state index contributed by atoms with van der Waals surface area (Å²) in [7, 11) is -2.18. The van der Waals surface area contributed by atoms with Gasteiger partial charge in [-0.2, -0.15) is 0 Å². The largest absolute Gasteiger partial charge is 0.490 e. The summed E-state index contributed by atoms with van der Waals surface area (Å²) in [5, 5.41) is 0.0289. The first kappa shape index (κ1) is 31.4. The molecule has 2 aromatic rings. The molecule has 2 heterocycles. The number of methoxy groups -OCH3 is 1. The Labute approximate surface area is 267 Å². The minimum absolute atomic E-state index is 0.0387. The van der Waals surface area contributed by atoms with E-state index < -0.39 is 21.2 Å². The molecule has 1 saturated carbocycles. The second-order valence-electron chi connectivity index (χ2n) is 13.8. The number of ether oxygens (including phenoxy) is 2. The van der Waals surface area contributed by atoms with Gasteiger partial charge in [0.1, 0.15) is 5.75 Å². The van der Waals surface area contributed by atoms with E-state index in [4.69, 9.17) is 21.1 Å². The van der Waals surface area contributed by atoms with Gasteiger partial charge in [-0.3, -0.25) is 4.79 Å². The maximum atomic E-state index is 13.6. The zero-order valence-corrected chi connectivity index (χ0v) is 27.8. The standard InChI is InChI=1S/C35H45ClN2O5S/c1-22(2)33-23(3)7-5-9-31(42-4)28-13-10-26(28)19-38-20-35(16-6-8-24-17-27(36)12-14-29(24)35)21-43-32-15-11-25(18-30(32)38)34(39)37-44(33,40)41/h5,9,11-12,14-15,17-18,22-23,26,28,31,33H,6-8,10,13,16,19-21H2,1-4H3,(H,37,39)/b9-5+/t23-,26-,28+,31-,33+,35-/m0/s1. The topological polar surface area (TPSA) is 84.9 Å². The van der Waals surface area contributed by atoms with Gasteiger partial charge in [-0.1, -0.05) is 50.6 Å². The lowest BCUT2D eigenvalue weighted by Gasteiger charge is -2.46. The van der Waals surface area contributed by atoms with Crippen molar-refractivity contribution in [2.24, 2.45) is 23.7 Å². The van der Waals surface area contributed by atoms with Crippen LogP contribution in [0.1, 0.15) is 74.4 Å². The second-order valence-corrected chi connectivity index (χ2v) is 16.1. The Bertz CT molecular complexity index is 1540. The Balaban J connectivity index is 1.44. The lowest BCUT2D eigenvalue weighted by molar-refractivity contribution is 0.0131. The van der Waals surface area contributed by atoms with E-state index in [1.54, 1.807) is 13.2 Å². The van der Waals surface area contributed by atoms with Crippen molar-refractivity contribution in [3.05, 3.63) is 70.3 Å². The van der Waals surface area contributed by atoms with Crippen molar-refractivity contribution >= 4 is 33.2 Å². The lowest BCUT2D eigenvalue weighted by atomic mass is 9.68. The van der Waals surface area contributed by atoms with Gasteiger partial charge in [-0.25, -0.2) is 13.1 Å². The zero-order chi connectivity index (χ0) is 31.2. The highest BCUT2D eigenvalue weighted by molar-refractivity contribution is 7.90. The Morgan fingerprint density at radius 2 is 1.98 bits per heavy atom. The van der Waals surface area contributed by atoms with E-state index in [0.29, 0.717) is 30.4 Å². The molecule has 1 amide bonds. The predicted molar refractivity (Wildman–Crippen MR) is 175 cm³/mol. The highest BCUT2D eigenvalue weighted by Gasteiger charge is 2.44. The molecule has 4 aliphatic rings. The third-order valence-corrected chi connectivity index (χ3v) is 13.0. The molecule has 2 aliphatic carbocycles. The van der Waals surface area contributed by atoms with Crippen LogP contribution in [-0.4, -0.2) is 52.5 Å². The van der Waals surface area contributed by atoms with E-state index in [-0.39, 0.29) is 23.4 Å². The number of hydrogen-bond acceptors (Lipinski definition) is 6. The average Bonchev–Trinajstić information content (AvgIpc) is 3.10. The van der Waals surface area contributed by atoms with Crippen LogP contribution in [0.4, 0.5) is 5.69 Å². The number of amides is 1. The molecule has 7 nitrogen and oxygen atoms in total. The highest BCUT2D eigenvalue weighted by Crippen LogP contribution is 2.47. The number of allylic oxidation sites excluding steroid dienone is 1. The third kappa shape index (κ3) is 5.90. The normalized spacial score (nSPS) is 32.5. The minimum Gasteiger partial charge on any atom is -0.490 e. The van der Waals surface area contributed by atoms with E-state index in [1.165, 1.54) is 11.1 Å². The smallest absolute Gasteiger partial charge is 0.264 e. The molecule has 9 heteroatoms. The van der Waals surface area contributed by atoms with Gasteiger partial charge in [0, 0.05) is 36.2 Å². The Morgan fingerprint density at radius 1 is 1.16 bits per heavy atom. The van der Waals surface area contributed by atoms with E-state index in [9.17, 15) is 13.2 Å². The summed E-state index contributed by atoms with van der Waals surface area (Å²) in [4.78, 5) is 16.0. The number of rotatable bonds is 2. The second kappa shape index (κ2) is 12.3. The molecule has 1 spiro atoms. The van der Waals surface area contributed by atoms with E-state index in [0.717, 1.165) is 61.7 Å². The number of nitrogens with zero attached hydrogens (tertiary/aromatic N) is 1. The summed E-state index contributed by atoms with van der Waals surface area (Å²) in [6, 6.07) is 11.6. The Hall–Kier alpha value is -2.55. The molecule has 2 aliphatic heterocycles. The van der Waals surface area contributed by atoms with E-state index >= 15 is 0 Å². The summed E-state index contributed by atoms with van der Waals surface area (Å²) in [5.41, 5.74) is 3.48. The number of hydrogen-bond donors (Lipinski definition) is 1. The molecule has 6 rings (SSSR count). The van der Waals surface area contributed by atoms with Gasteiger partial charge in [0.25, 0.3) is 5.91 Å². The minimum atomic E-state index is -3.95. The van der Waals surface area contributed by atoms with Gasteiger partial charge in [-0.05, 0) is 104 Å². The predicted octanol–water partition coefficient (Wildman–Crippen LogP) is 6.53. The molecule has 0 unspecified atom stereocenters. The summed E-state index contributed by atoms with van der Waals surface area (Å²) in [6.07, 6.45) is 9.97. The molecule has 1 fully saturated rings. The van der Waals surface area contributed by atoms with Crippen molar-refractivity contribution in [3.63, 3.8) is 0 Å². The maximum absolute atomic E-state index is 13.6. The van der Waals surface area contributed by atoms with Crippen molar-refractivity contribution in [3.8, 4) is 5.75 Å². The van der Waals surface area contributed by atoms with E-state index in [1.807, 2.05) is 39.0 Å². The highest BCUT2D eigenvalue weighted by atomic mass is 35.5. The molecule has 1 N–H and O–H groups in total. The van der Waals surface area contributed by atoms with Crippen LogP contribution in [0, 0.1) is 23.7 Å². The van der Waals surface area contributed by atoms with Crippen LogP contribution in [0.25, 0.3) is 0 Å². The van der Waals surface area contributed by atoms with Crippen molar-refractivity contribution in [1.29, 1.82) is 0 Å². The van der Waals surface area contributed by atoms with Crippen LogP contribution < -0.4 is 14.4 Å². The van der Waals surface area contributed by atoms with Gasteiger partial charge >= 0.3 is 0 Å². The van der Waals surface area contributed by atoms with Crippen LogP contribution >= 0.6 is 11.6 Å². The fraction of sp³-hybridized carbons (Fsp3) is 0.571. The summed E-state index contributed by atoms with van der Waals surface area (Å²) in [5.74, 6) is 0.530. The molecule has 2 aromatic carbocycles. The molecule has 0 radical (unpaired) electrons. The molecule has 0 aromatic heterocycles. The number of nitrogens with one attached hydrogen (secondary N) is 1. The quantitative estimate of drug-likeness (QED) is 0.376. The van der Waals surface area contributed by atoms with Gasteiger partial charge < -0.3 is 14.4 Å². The van der Waals surface area contributed by atoms with Crippen molar-refractivity contribution in [1.82, 2.24) is 4.72 Å². The average molecular weight is 641 g/mol. The Kier molecular flexibility index (Phi) is 8.81.